The van der Waals surface area contributed by atoms with Crippen molar-refractivity contribution in [1.82, 2.24) is 5.32 Å². The van der Waals surface area contributed by atoms with Gasteiger partial charge in [0, 0.05) is 22.6 Å². The summed E-state index contributed by atoms with van der Waals surface area (Å²) in [5.74, 6) is 0. The molecule has 1 atom stereocenters. The number of hydrogen-bond donors (Lipinski definition) is 1. The summed E-state index contributed by atoms with van der Waals surface area (Å²) in [6.45, 7) is 6.48. The maximum absolute atomic E-state index is 3.55. The van der Waals surface area contributed by atoms with E-state index in [1.54, 1.807) is 0 Å². The number of rotatable bonds is 7. The highest BCUT2D eigenvalue weighted by Gasteiger charge is 2.31. The number of hydrogen-bond acceptors (Lipinski definition) is 3. The maximum atomic E-state index is 3.55. The molecule has 1 heterocycles. The number of nitrogens with zero attached hydrogens (tertiary/aromatic N) is 1. The van der Waals surface area contributed by atoms with Gasteiger partial charge in [-0.05, 0) is 49.4 Å². The van der Waals surface area contributed by atoms with Crippen LogP contribution < -0.4 is 10.2 Å². The van der Waals surface area contributed by atoms with Crippen LogP contribution in [0.25, 0.3) is 0 Å². The third-order valence-electron chi connectivity index (χ3n) is 4.12. The first-order valence-electron chi connectivity index (χ1n) is 7.91. The van der Waals surface area contributed by atoms with Crippen LogP contribution in [0.3, 0.4) is 0 Å². The molecule has 0 bridgehead atoms. The molecule has 21 heavy (non-hydrogen) atoms. The first-order chi connectivity index (χ1) is 10.3. The summed E-state index contributed by atoms with van der Waals surface area (Å²) in [5, 5.41) is 5.73. The molecule has 3 rings (SSSR count). The van der Waals surface area contributed by atoms with E-state index in [0.29, 0.717) is 6.04 Å². The Morgan fingerprint density at radius 1 is 1.24 bits per heavy atom. The Bertz CT molecular complexity index is 560. The zero-order valence-electron chi connectivity index (χ0n) is 12.9. The number of thiophene rings is 1. The maximum Gasteiger partial charge on any atom is 0.0526 e. The van der Waals surface area contributed by atoms with Crippen LogP contribution in [0, 0.1) is 0 Å². The Labute approximate surface area is 131 Å². The zero-order chi connectivity index (χ0) is 14.7. The van der Waals surface area contributed by atoms with Gasteiger partial charge in [-0.15, -0.1) is 11.3 Å². The summed E-state index contributed by atoms with van der Waals surface area (Å²) in [7, 11) is 0. The molecule has 0 radical (unpaired) electrons. The predicted octanol–water partition coefficient (Wildman–Crippen LogP) is 4.59. The zero-order valence-corrected chi connectivity index (χ0v) is 13.7. The van der Waals surface area contributed by atoms with Crippen LogP contribution in [0.5, 0.6) is 0 Å². The number of nitrogens with one attached hydrogen (secondary N) is 1. The van der Waals surface area contributed by atoms with Crippen LogP contribution in [0.2, 0.25) is 0 Å². The van der Waals surface area contributed by atoms with Crippen molar-refractivity contribution in [2.24, 2.45) is 0 Å². The molecule has 2 aromatic rings. The highest BCUT2D eigenvalue weighted by Crippen LogP contribution is 2.37. The average molecular weight is 300 g/mol. The van der Waals surface area contributed by atoms with Crippen molar-refractivity contribution in [3.63, 3.8) is 0 Å². The first kappa shape index (κ1) is 14.6. The Kier molecular flexibility index (Phi) is 4.61. The lowest BCUT2D eigenvalue weighted by molar-refractivity contribution is 0.595. The lowest BCUT2D eigenvalue weighted by Crippen LogP contribution is -2.28. The molecule has 1 unspecified atom stereocenters. The van der Waals surface area contributed by atoms with Crippen molar-refractivity contribution in [2.45, 2.75) is 45.3 Å². The molecule has 0 spiro atoms. The second-order valence-corrected chi connectivity index (χ2v) is 6.81. The smallest absolute Gasteiger partial charge is 0.0526 e. The first-order valence-corrected chi connectivity index (χ1v) is 8.79. The van der Waals surface area contributed by atoms with E-state index >= 15 is 0 Å². The Balaban J connectivity index is 1.88. The SMILES string of the molecule is CCNC(C)c1ccccc1N(Cc1cccs1)C1CC1. The molecule has 2 nitrogen and oxygen atoms in total. The van der Waals surface area contributed by atoms with Crippen molar-refractivity contribution < 1.29 is 0 Å². The van der Waals surface area contributed by atoms with Crippen molar-refractivity contribution in [3.8, 4) is 0 Å². The minimum Gasteiger partial charge on any atom is -0.363 e. The fourth-order valence-corrected chi connectivity index (χ4v) is 3.60. The predicted molar refractivity (Wildman–Crippen MR) is 92.1 cm³/mol. The molecule has 0 amide bonds. The highest BCUT2D eigenvalue weighted by molar-refractivity contribution is 7.09. The third kappa shape index (κ3) is 3.47. The summed E-state index contributed by atoms with van der Waals surface area (Å²) in [6, 6.07) is 14.4. The van der Waals surface area contributed by atoms with Gasteiger partial charge in [0.25, 0.3) is 0 Å². The normalized spacial score (nSPS) is 15.9. The van der Waals surface area contributed by atoms with E-state index in [-0.39, 0.29) is 0 Å². The van der Waals surface area contributed by atoms with Crippen LogP contribution in [-0.2, 0) is 6.54 Å². The van der Waals surface area contributed by atoms with Gasteiger partial charge in [0.15, 0.2) is 0 Å². The van der Waals surface area contributed by atoms with Gasteiger partial charge in [-0.1, -0.05) is 31.2 Å². The van der Waals surface area contributed by atoms with Crippen LogP contribution in [0.4, 0.5) is 5.69 Å². The van der Waals surface area contributed by atoms with Gasteiger partial charge in [-0.2, -0.15) is 0 Å². The summed E-state index contributed by atoms with van der Waals surface area (Å²) in [4.78, 5) is 4.06. The van der Waals surface area contributed by atoms with Crippen molar-refractivity contribution in [1.29, 1.82) is 0 Å². The molecule has 1 N–H and O–H groups in total. The molecule has 1 fully saturated rings. The van der Waals surface area contributed by atoms with Crippen molar-refractivity contribution >= 4 is 17.0 Å². The van der Waals surface area contributed by atoms with Gasteiger partial charge < -0.3 is 10.2 Å². The lowest BCUT2D eigenvalue weighted by atomic mass is 10.0. The molecule has 1 aliphatic rings. The van der Waals surface area contributed by atoms with Gasteiger partial charge in [0.1, 0.15) is 0 Å². The minimum absolute atomic E-state index is 0.399. The molecule has 1 aromatic carbocycles. The number of para-hydroxylation sites is 1. The van der Waals surface area contributed by atoms with E-state index in [0.717, 1.165) is 19.1 Å². The second-order valence-electron chi connectivity index (χ2n) is 5.78. The molecule has 3 heteroatoms. The summed E-state index contributed by atoms with van der Waals surface area (Å²) in [6.07, 6.45) is 2.66. The van der Waals surface area contributed by atoms with Crippen LogP contribution in [-0.4, -0.2) is 12.6 Å². The molecule has 0 saturated heterocycles. The molecule has 1 aliphatic carbocycles. The highest BCUT2D eigenvalue weighted by atomic mass is 32.1. The van der Waals surface area contributed by atoms with Crippen molar-refractivity contribution in [2.75, 3.05) is 11.4 Å². The number of benzene rings is 1. The molecule has 112 valence electrons. The van der Waals surface area contributed by atoms with E-state index in [1.165, 1.54) is 29.0 Å². The van der Waals surface area contributed by atoms with Crippen molar-refractivity contribution in [3.05, 3.63) is 52.2 Å². The topological polar surface area (TPSA) is 15.3 Å². The Morgan fingerprint density at radius 2 is 2.05 bits per heavy atom. The quantitative estimate of drug-likeness (QED) is 0.804. The van der Waals surface area contributed by atoms with Crippen LogP contribution >= 0.6 is 11.3 Å². The second kappa shape index (κ2) is 6.63. The molecule has 0 aliphatic heterocycles. The Hall–Kier alpha value is -1.32. The Morgan fingerprint density at radius 3 is 2.71 bits per heavy atom. The van der Waals surface area contributed by atoms with Gasteiger partial charge in [-0.3, -0.25) is 0 Å². The van der Waals surface area contributed by atoms with Crippen LogP contribution in [0.15, 0.2) is 41.8 Å². The lowest BCUT2D eigenvalue weighted by Gasteiger charge is -2.29. The third-order valence-corrected chi connectivity index (χ3v) is 4.98. The standard InChI is InChI=1S/C18H24N2S/c1-3-19-14(2)17-8-4-5-9-18(17)20(15-10-11-15)13-16-7-6-12-21-16/h4-9,12,14-15,19H,3,10-11,13H2,1-2H3. The van der Waals surface area contributed by atoms with Gasteiger partial charge in [-0.25, -0.2) is 0 Å². The summed E-state index contributed by atoms with van der Waals surface area (Å²) in [5.41, 5.74) is 2.82. The molecular formula is C18H24N2S. The fourth-order valence-electron chi connectivity index (χ4n) is 2.90. The van der Waals surface area contributed by atoms with Crippen LogP contribution in [0.1, 0.15) is 43.2 Å². The van der Waals surface area contributed by atoms with E-state index in [2.05, 4.69) is 65.8 Å². The van der Waals surface area contributed by atoms with Gasteiger partial charge >= 0.3 is 0 Å². The monoisotopic (exact) mass is 300 g/mol. The van der Waals surface area contributed by atoms with E-state index in [4.69, 9.17) is 0 Å². The largest absolute Gasteiger partial charge is 0.363 e. The molecule has 1 saturated carbocycles. The summed E-state index contributed by atoms with van der Waals surface area (Å²) >= 11 is 1.86. The van der Waals surface area contributed by atoms with E-state index < -0.39 is 0 Å². The molecule has 1 aromatic heterocycles. The fraction of sp³-hybridized carbons (Fsp3) is 0.444. The van der Waals surface area contributed by atoms with E-state index in [9.17, 15) is 0 Å². The minimum atomic E-state index is 0.399. The average Bonchev–Trinajstić information content (AvgIpc) is 3.22. The van der Waals surface area contributed by atoms with Gasteiger partial charge in [0.05, 0.1) is 6.54 Å². The number of anilines is 1. The van der Waals surface area contributed by atoms with E-state index in [1.807, 2.05) is 11.3 Å². The molecular weight excluding hydrogens is 276 g/mol. The van der Waals surface area contributed by atoms with Gasteiger partial charge in [0.2, 0.25) is 0 Å². The summed E-state index contributed by atoms with van der Waals surface area (Å²) < 4.78 is 0.